The first kappa shape index (κ1) is 20.2. The van der Waals surface area contributed by atoms with Gasteiger partial charge >= 0.3 is 0 Å². The number of imide groups is 1. The first-order valence-corrected chi connectivity index (χ1v) is 9.42. The average Bonchev–Trinajstić information content (AvgIpc) is 2.86. The minimum Gasteiger partial charge on any atom is -0.490 e. The summed E-state index contributed by atoms with van der Waals surface area (Å²) >= 11 is 7.22. The molecule has 7 heteroatoms. The van der Waals surface area contributed by atoms with Gasteiger partial charge in [0.15, 0.2) is 11.5 Å². The molecule has 1 fully saturated rings. The van der Waals surface area contributed by atoms with Gasteiger partial charge < -0.3 is 9.47 Å². The minimum atomic E-state index is -0.410. The molecule has 0 aromatic heterocycles. The van der Waals surface area contributed by atoms with Gasteiger partial charge in [-0.15, -0.1) is 6.42 Å². The summed E-state index contributed by atoms with van der Waals surface area (Å²) in [6.45, 7) is 6.21. The zero-order chi connectivity index (χ0) is 19.3. The third kappa shape index (κ3) is 4.54. The molecular weight excluding hydrogens is 374 g/mol. The Labute approximate surface area is 162 Å². The van der Waals surface area contributed by atoms with Crippen LogP contribution in [-0.2, 0) is 4.79 Å². The highest BCUT2D eigenvalue weighted by atomic mass is 35.5. The lowest BCUT2D eigenvalue weighted by Crippen LogP contribution is -2.28. The molecule has 0 spiro atoms. The molecule has 1 heterocycles. The molecule has 2 amide bonds. The van der Waals surface area contributed by atoms with E-state index in [9.17, 15) is 9.59 Å². The molecule has 1 unspecified atom stereocenters. The number of ether oxygens (including phenoxy) is 2. The summed E-state index contributed by atoms with van der Waals surface area (Å²) in [6, 6.07) is 3.42. The number of thioether (sulfide) groups is 1. The maximum atomic E-state index is 12.3. The first-order valence-electron chi connectivity index (χ1n) is 8.23. The SMILES string of the molecule is C#CCN1C(=O)SC(=Cc2cc(Cl)c(OC(C)CC)c(OCC)c2)C1=O. The van der Waals surface area contributed by atoms with Crippen LogP contribution in [-0.4, -0.2) is 35.3 Å². The Morgan fingerprint density at radius 3 is 2.73 bits per heavy atom. The number of hydrogen-bond acceptors (Lipinski definition) is 5. The van der Waals surface area contributed by atoms with Gasteiger partial charge in [-0.3, -0.25) is 14.5 Å². The number of halogens is 1. The summed E-state index contributed by atoms with van der Waals surface area (Å²) in [7, 11) is 0. The van der Waals surface area contributed by atoms with Crippen molar-refractivity contribution in [3.05, 3.63) is 27.6 Å². The van der Waals surface area contributed by atoms with E-state index in [4.69, 9.17) is 27.5 Å². The second-order valence-corrected chi connectivity index (χ2v) is 6.97. The average molecular weight is 394 g/mol. The van der Waals surface area contributed by atoms with Crippen molar-refractivity contribution >= 4 is 40.6 Å². The van der Waals surface area contributed by atoms with Gasteiger partial charge in [0.05, 0.1) is 29.2 Å². The lowest BCUT2D eigenvalue weighted by molar-refractivity contribution is -0.122. The van der Waals surface area contributed by atoms with Gasteiger partial charge in [0.1, 0.15) is 0 Å². The number of amides is 2. The molecule has 1 saturated heterocycles. The van der Waals surface area contributed by atoms with Crippen molar-refractivity contribution in [2.75, 3.05) is 13.2 Å². The molecule has 0 radical (unpaired) electrons. The van der Waals surface area contributed by atoms with Crippen LogP contribution in [0.5, 0.6) is 11.5 Å². The van der Waals surface area contributed by atoms with Gasteiger partial charge in [-0.05, 0) is 55.8 Å². The highest BCUT2D eigenvalue weighted by Gasteiger charge is 2.34. The van der Waals surface area contributed by atoms with E-state index in [1.807, 2.05) is 20.8 Å². The van der Waals surface area contributed by atoms with Crippen LogP contribution in [0.1, 0.15) is 32.8 Å². The van der Waals surface area contributed by atoms with E-state index in [1.165, 1.54) is 0 Å². The lowest BCUT2D eigenvalue weighted by atomic mass is 10.1. The molecule has 1 aromatic carbocycles. The summed E-state index contributed by atoms with van der Waals surface area (Å²) in [5.74, 6) is 2.86. The third-order valence-electron chi connectivity index (χ3n) is 3.65. The molecule has 5 nitrogen and oxygen atoms in total. The minimum absolute atomic E-state index is 0.0159. The Hall–Kier alpha value is -2.10. The van der Waals surface area contributed by atoms with E-state index in [1.54, 1.807) is 18.2 Å². The molecular formula is C19H20ClNO4S. The molecule has 0 saturated carbocycles. The van der Waals surface area contributed by atoms with E-state index in [-0.39, 0.29) is 17.9 Å². The number of nitrogens with zero attached hydrogens (tertiary/aromatic N) is 1. The predicted molar refractivity (Wildman–Crippen MR) is 105 cm³/mol. The summed E-state index contributed by atoms with van der Waals surface area (Å²) < 4.78 is 11.5. The molecule has 0 bridgehead atoms. The molecule has 1 aliphatic heterocycles. The standard InChI is InChI=1S/C19H20ClNO4S/c1-5-8-21-18(22)16(26-19(21)23)11-13-9-14(20)17(25-12(4)6-2)15(10-13)24-7-3/h1,9-12H,6-8H2,2-4H3. The number of benzene rings is 1. The smallest absolute Gasteiger partial charge is 0.294 e. The van der Waals surface area contributed by atoms with Crippen LogP contribution < -0.4 is 9.47 Å². The number of carbonyl (C=O) groups excluding carboxylic acids is 2. The van der Waals surface area contributed by atoms with Crippen molar-refractivity contribution in [2.45, 2.75) is 33.3 Å². The maximum Gasteiger partial charge on any atom is 0.294 e. The molecule has 26 heavy (non-hydrogen) atoms. The monoisotopic (exact) mass is 393 g/mol. The van der Waals surface area contributed by atoms with E-state index >= 15 is 0 Å². The van der Waals surface area contributed by atoms with Crippen LogP contribution >= 0.6 is 23.4 Å². The molecule has 0 N–H and O–H groups in total. The van der Waals surface area contributed by atoms with Crippen LogP contribution in [0.4, 0.5) is 4.79 Å². The summed E-state index contributed by atoms with van der Waals surface area (Å²) in [5, 5.41) is -0.00240. The summed E-state index contributed by atoms with van der Waals surface area (Å²) in [4.78, 5) is 25.5. The van der Waals surface area contributed by atoms with Gasteiger partial charge in [-0.25, -0.2) is 0 Å². The van der Waals surface area contributed by atoms with Crippen LogP contribution in [0.15, 0.2) is 17.0 Å². The second-order valence-electron chi connectivity index (χ2n) is 5.57. The topological polar surface area (TPSA) is 55.8 Å². The van der Waals surface area contributed by atoms with Crippen LogP contribution in [0.3, 0.4) is 0 Å². The van der Waals surface area contributed by atoms with E-state index in [0.29, 0.717) is 33.6 Å². The zero-order valence-corrected chi connectivity index (χ0v) is 16.4. The zero-order valence-electron chi connectivity index (χ0n) is 14.9. The van der Waals surface area contributed by atoms with Crippen molar-refractivity contribution in [1.29, 1.82) is 0 Å². The number of hydrogen-bond donors (Lipinski definition) is 0. The molecule has 1 atom stereocenters. The number of rotatable bonds is 7. The van der Waals surface area contributed by atoms with Gasteiger partial charge in [0.25, 0.3) is 11.1 Å². The van der Waals surface area contributed by atoms with Crippen molar-refractivity contribution < 1.29 is 19.1 Å². The molecule has 1 aliphatic rings. The Morgan fingerprint density at radius 2 is 2.12 bits per heavy atom. The fraction of sp³-hybridized carbons (Fsp3) is 0.368. The van der Waals surface area contributed by atoms with Gasteiger partial charge in [-0.2, -0.15) is 0 Å². The summed E-state index contributed by atoms with van der Waals surface area (Å²) in [5.41, 5.74) is 0.640. The number of terminal acetylenes is 1. The van der Waals surface area contributed by atoms with Crippen LogP contribution in [0, 0.1) is 12.3 Å². The Balaban J connectivity index is 2.37. The normalized spacial score (nSPS) is 16.7. The van der Waals surface area contributed by atoms with E-state index in [0.717, 1.165) is 23.1 Å². The van der Waals surface area contributed by atoms with Crippen molar-refractivity contribution in [3.8, 4) is 23.8 Å². The largest absolute Gasteiger partial charge is 0.490 e. The van der Waals surface area contributed by atoms with Crippen molar-refractivity contribution in [2.24, 2.45) is 0 Å². The molecule has 138 valence electrons. The third-order valence-corrected chi connectivity index (χ3v) is 4.83. The molecule has 0 aliphatic carbocycles. The van der Waals surface area contributed by atoms with Crippen LogP contribution in [0.25, 0.3) is 6.08 Å². The Kier molecular flexibility index (Phi) is 7.01. The lowest BCUT2D eigenvalue weighted by Gasteiger charge is -2.18. The van der Waals surface area contributed by atoms with Gasteiger partial charge in [0.2, 0.25) is 0 Å². The fourth-order valence-electron chi connectivity index (χ4n) is 2.21. The summed E-state index contributed by atoms with van der Waals surface area (Å²) in [6.07, 6.45) is 7.61. The van der Waals surface area contributed by atoms with E-state index in [2.05, 4.69) is 5.92 Å². The molecule has 1 aromatic rings. The maximum absolute atomic E-state index is 12.3. The first-order chi connectivity index (χ1) is 12.4. The van der Waals surface area contributed by atoms with Crippen molar-refractivity contribution in [1.82, 2.24) is 4.90 Å². The molecule has 2 rings (SSSR count). The van der Waals surface area contributed by atoms with Gasteiger partial charge in [-0.1, -0.05) is 24.4 Å². The fourth-order valence-corrected chi connectivity index (χ4v) is 3.31. The predicted octanol–water partition coefficient (Wildman–Crippen LogP) is 4.59. The van der Waals surface area contributed by atoms with E-state index < -0.39 is 5.91 Å². The second kappa shape index (κ2) is 9.02. The quantitative estimate of drug-likeness (QED) is 0.501. The van der Waals surface area contributed by atoms with Crippen LogP contribution in [0.2, 0.25) is 5.02 Å². The highest BCUT2D eigenvalue weighted by molar-refractivity contribution is 8.18. The Bertz CT molecular complexity index is 784. The highest BCUT2D eigenvalue weighted by Crippen LogP contribution is 2.39. The Morgan fingerprint density at radius 1 is 1.38 bits per heavy atom. The number of carbonyl (C=O) groups is 2. The van der Waals surface area contributed by atoms with Gasteiger partial charge in [0, 0.05) is 0 Å². The van der Waals surface area contributed by atoms with Crippen molar-refractivity contribution in [3.63, 3.8) is 0 Å².